The van der Waals surface area contributed by atoms with E-state index in [2.05, 4.69) is 51.4 Å². The van der Waals surface area contributed by atoms with E-state index in [4.69, 9.17) is 4.74 Å². The largest absolute Gasteiger partial charge is 0.487 e. The molecule has 0 amide bonds. The van der Waals surface area contributed by atoms with Crippen molar-refractivity contribution in [2.45, 2.75) is 26.5 Å². The fourth-order valence-corrected chi connectivity index (χ4v) is 2.56. The molecule has 5 heteroatoms. The van der Waals surface area contributed by atoms with Crippen LogP contribution >= 0.6 is 15.9 Å². The minimum atomic E-state index is 0.436. The van der Waals surface area contributed by atoms with Gasteiger partial charge >= 0.3 is 0 Å². The molecule has 3 aromatic rings. The van der Waals surface area contributed by atoms with Gasteiger partial charge in [-0.1, -0.05) is 40.2 Å². The van der Waals surface area contributed by atoms with Crippen molar-refractivity contribution in [2.24, 2.45) is 0 Å². The quantitative estimate of drug-likeness (QED) is 0.696. The Hall–Kier alpha value is -1.88. The van der Waals surface area contributed by atoms with E-state index in [1.807, 2.05) is 29.1 Å². The Bertz CT molecular complexity index is 754. The molecule has 0 bridgehead atoms. The van der Waals surface area contributed by atoms with E-state index in [0.29, 0.717) is 6.61 Å². The maximum absolute atomic E-state index is 5.79. The molecule has 3 rings (SSSR count). The van der Waals surface area contributed by atoms with Crippen molar-refractivity contribution in [1.82, 2.24) is 15.0 Å². The van der Waals surface area contributed by atoms with Gasteiger partial charge in [0.1, 0.15) is 18.1 Å². The Morgan fingerprint density at radius 1 is 1.14 bits per heavy atom. The lowest BCUT2D eigenvalue weighted by molar-refractivity contribution is 0.301. The van der Waals surface area contributed by atoms with E-state index >= 15 is 0 Å². The minimum Gasteiger partial charge on any atom is -0.487 e. The lowest BCUT2D eigenvalue weighted by Gasteiger charge is -2.06. The number of aryl methyl sites for hydroxylation is 1. The third-order valence-electron chi connectivity index (χ3n) is 3.20. The number of hydrogen-bond donors (Lipinski definition) is 0. The van der Waals surface area contributed by atoms with Crippen molar-refractivity contribution in [3.8, 4) is 5.75 Å². The van der Waals surface area contributed by atoms with Gasteiger partial charge in [0.05, 0.1) is 6.20 Å². The lowest BCUT2D eigenvalue weighted by atomic mass is 10.1. The minimum absolute atomic E-state index is 0.436. The zero-order valence-corrected chi connectivity index (χ0v) is 13.4. The van der Waals surface area contributed by atoms with Gasteiger partial charge in [0.15, 0.2) is 0 Å². The average molecular weight is 346 g/mol. The average Bonchev–Trinajstić information content (AvgIpc) is 2.93. The molecular formula is C16H16BrN3O. The van der Waals surface area contributed by atoms with Crippen molar-refractivity contribution in [2.75, 3.05) is 0 Å². The van der Waals surface area contributed by atoms with Crippen LogP contribution in [-0.2, 0) is 13.2 Å². The summed E-state index contributed by atoms with van der Waals surface area (Å²) in [5, 5.41) is 10.5. The van der Waals surface area contributed by atoms with Crippen LogP contribution in [0.3, 0.4) is 0 Å². The van der Waals surface area contributed by atoms with Gasteiger partial charge in [-0.25, -0.2) is 0 Å². The van der Waals surface area contributed by atoms with Gasteiger partial charge < -0.3 is 4.74 Å². The standard InChI is InChI=1S/C16H16BrN3O/c1-2-7-20-10-15(18-19-20)11-21-16-6-4-12-8-14(17)5-3-13(12)9-16/h3-6,8-10H,2,7,11H2,1H3. The highest BCUT2D eigenvalue weighted by molar-refractivity contribution is 9.10. The molecule has 1 aromatic heterocycles. The molecule has 0 spiro atoms. The third kappa shape index (κ3) is 3.42. The Balaban J connectivity index is 1.70. The number of fused-ring (bicyclic) bond motifs is 1. The van der Waals surface area contributed by atoms with E-state index in [1.54, 1.807) is 0 Å². The van der Waals surface area contributed by atoms with Crippen LogP contribution in [0, 0.1) is 0 Å². The molecule has 0 aliphatic rings. The summed E-state index contributed by atoms with van der Waals surface area (Å²) in [6.07, 6.45) is 2.98. The number of nitrogens with zero attached hydrogens (tertiary/aromatic N) is 3. The second kappa shape index (κ2) is 6.26. The number of aromatic nitrogens is 3. The summed E-state index contributed by atoms with van der Waals surface area (Å²) in [6, 6.07) is 12.3. The van der Waals surface area contributed by atoms with Crippen LogP contribution in [0.4, 0.5) is 0 Å². The molecular weight excluding hydrogens is 330 g/mol. The Labute approximate surface area is 131 Å². The van der Waals surface area contributed by atoms with Crippen LogP contribution in [0.25, 0.3) is 10.8 Å². The number of benzene rings is 2. The summed E-state index contributed by atoms with van der Waals surface area (Å²) < 4.78 is 8.72. The molecule has 108 valence electrons. The van der Waals surface area contributed by atoms with Crippen LogP contribution in [0.5, 0.6) is 5.75 Å². The summed E-state index contributed by atoms with van der Waals surface area (Å²) in [6.45, 7) is 3.44. The molecule has 1 heterocycles. The molecule has 0 fully saturated rings. The molecule has 2 aromatic carbocycles. The predicted octanol–water partition coefficient (Wildman–Crippen LogP) is 4.18. The topological polar surface area (TPSA) is 39.9 Å². The monoisotopic (exact) mass is 345 g/mol. The number of halogens is 1. The fourth-order valence-electron chi connectivity index (χ4n) is 2.18. The van der Waals surface area contributed by atoms with Crippen LogP contribution in [0.2, 0.25) is 0 Å². The molecule has 0 unspecified atom stereocenters. The first-order valence-corrected chi connectivity index (χ1v) is 7.75. The number of ether oxygens (including phenoxy) is 1. The molecule has 0 saturated carbocycles. The van der Waals surface area contributed by atoms with Crippen LogP contribution in [0.15, 0.2) is 47.1 Å². The first-order chi connectivity index (χ1) is 10.2. The molecule has 21 heavy (non-hydrogen) atoms. The van der Waals surface area contributed by atoms with E-state index in [9.17, 15) is 0 Å². The maximum Gasteiger partial charge on any atom is 0.134 e. The van der Waals surface area contributed by atoms with E-state index < -0.39 is 0 Å². The SMILES string of the molecule is CCCn1cc(COc2ccc3cc(Br)ccc3c2)nn1. The Morgan fingerprint density at radius 2 is 1.95 bits per heavy atom. The Morgan fingerprint density at radius 3 is 2.81 bits per heavy atom. The first kappa shape index (κ1) is 14.1. The number of hydrogen-bond acceptors (Lipinski definition) is 3. The highest BCUT2D eigenvalue weighted by atomic mass is 79.9. The predicted molar refractivity (Wildman–Crippen MR) is 86.3 cm³/mol. The van der Waals surface area contributed by atoms with Gasteiger partial charge in [0, 0.05) is 11.0 Å². The van der Waals surface area contributed by atoms with Crippen LogP contribution in [-0.4, -0.2) is 15.0 Å². The smallest absolute Gasteiger partial charge is 0.134 e. The second-order valence-corrected chi connectivity index (χ2v) is 5.83. The number of rotatable bonds is 5. The zero-order valence-electron chi connectivity index (χ0n) is 11.8. The van der Waals surface area contributed by atoms with Crippen molar-refractivity contribution < 1.29 is 4.74 Å². The van der Waals surface area contributed by atoms with Crippen LogP contribution in [0.1, 0.15) is 19.0 Å². The van der Waals surface area contributed by atoms with Crippen molar-refractivity contribution in [3.05, 3.63) is 52.8 Å². The van der Waals surface area contributed by atoms with Gasteiger partial charge in [-0.05, 0) is 41.5 Å². The lowest BCUT2D eigenvalue weighted by Crippen LogP contribution is -1.97. The molecule has 0 aliphatic heterocycles. The third-order valence-corrected chi connectivity index (χ3v) is 3.69. The Kier molecular flexibility index (Phi) is 4.20. The van der Waals surface area contributed by atoms with Crippen molar-refractivity contribution >= 4 is 26.7 Å². The normalized spacial score (nSPS) is 11.0. The van der Waals surface area contributed by atoms with Gasteiger partial charge in [0.25, 0.3) is 0 Å². The molecule has 0 radical (unpaired) electrons. The highest BCUT2D eigenvalue weighted by Gasteiger charge is 2.03. The summed E-state index contributed by atoms with van der Waals surface area (Å²) in [5.74, 6) is 0.842. The maximum atomic E-state index is 5.79. The van der Waals surface area contributed by atoms with Crippen LogP contribution < -0.4 is 4.74 Å². The van der Waals surface area contributed by atoms with Crippen molar-refractivity contribution in [3.63, 3.8) is 0 Å². The van der Waals surface area contributed by atoms with Crippen molar-refractivity contribution in [1.29, 1.82) is 0 Å². The van der Waals surface area contributed by atoms with E-state index in [1.165, 1.54) is 5.39 Å². The molecule has 0 atom stereocenters. The van der Waals surface area contributed by atoms with E-state index in [0.717, 1.165) is 34.3 Å². The molecule has 4 nitrogen and oxygen atoms in total. The zero-order chi connectivity index (χ0) is 14.7. The van der Waals surface area contributed by atoms with Gasteiger partial charge in [0.2, 0.25) is 0 Å². The molecule has 0 saturated heterocycles. The summed E-state index contributed by atoms with van der Waals surface area (Å²) in [5.41, 5.74) is 0.847. The molecule has 0 aliphatic carbocycles. The first-order valence-electron chi connectivity index (χ1n) is 6.96. The van der Waals surface area contributed by atoms with Gasteiger partial charge in [-0.15, -0.1) is 5.10 Å². The van der Waals surface area contributed by atoms with Gasteiger partial charge in [-0.3, -0.25) is 4.68 Å². The summed E-state index contributed by atoms with van der Waals surface area (Å²) in [4.78, 5) is 0. The molecule has 0 N–H and O–H groups in total. The van der Waals surface area contributed by atoms with E-state index in [-0.39, 0.29) is 0 Å². The second-order valence-electron chi connectivity index (χ2n) is 4.91. The fraction of sp³-hybridized carbons (Fsp3) is 0.250. The highest BCUT2D eigenvalue weighted by Crippen LogP contribution is 2.24. The summed E-state index contributed by atoms with van der Waals surface area (Å²) >= 11 is 3.48. The van der Waals surface area contributed by atoms with Gasteiger partial charge in [-0.2, -0.15) is 0 Å². The summed E-state index contributed by atoms with van der Waals surface area (Å²) in [7, 11) is 0.